The highest BCUT2D eigenvalue weighted by atomic mass is 16.3. The van der Waals surface area contributed by atoms with Crippen molar-refractivity contribution in [2.75, 3.05) is 10.6 Å². The maximum absolute atomic E-state index is 13.7. The highest BCUT2D eigenvalue weighted by Gasteiger charge is 2.56. The van der Waals surface area contributed by atoms with E-state index in [2.05, 4.69) is 15.7 Å². The normalized spacial score (nSPS) is 23.8. The Bertz CT molecular complexity index is 1300. The number of ketones is 1. The van der Waals surface area contributed by atoms with Gasteiger partial charge in [0, 0.05) is 36.5 Å². The summed E-state index contributed by atoms with van der Waals surface area (Å²) in [6.45, 7) is 7.73. The lowest BCUT2D eigenvalue weighted by Crippen LogP contribution is -2.56. The number of aliphatic hydroxyl groups is 1. The Kier molecular flexibility index (Phi) is 7.08. The van der Waals surface area contributed by atoms with Crippen LogP contribution in [0.2, 0.25) is 0 Å². The van der Waals surface area contributed by atoms with Gasteiger partial charge in [-0.25, -0.2) is 0 Å². The van der Waals surface area contributed by atoms with Crippen LogP contribution in [-0.4, -0.2) is 38.1 Å². The summed E-state index contributed by atoms with van der Waals surface area (Å²) < 4.78 is 1.68. The first kappa shape index (κ1) is 25.3. The summed E-state index contributed by atoms with van der Waals surface area (Å²) in [5, 5.41) is 21.5. The zero-order valence-corrected chi connectivity index (χ0v) is 21.0. The number of amides is 2. The molecule has 0 bridgehead atoms. The molecule has 2 amide bonds. The molecule has 0 radical (unpaired) electrons. The number of carbonyl (C=O) groups is 3. The standard InChI is InChI=1S/C28H32N4O4/c1-5-32-16-19(15-29-32)23-24(26(34)30-20-12-8-6-10-17(20)2)22(33)14-28(4,36)25(23)27(35)31-21-13-9-7-11-18(21)3/h6-13,15-16,23-25,36H,5,14H2,1-4H3,(H,30,34)(H,31,35)/t23-,24-,25-,28-/m1/s1. The number of rotatable bonds is 6. The topological polar surface area (TPSA) is 113 Å². The van der Waals surface area contributed by atoms with Gasteiger partial charge in [0.05, 0.1) is 17.7 Å². The van der Waals surface area contributed by atoms with Crippen LogP contribution in [0, 0.1) is 25.7 Å². The van der Waals surface area contributed by atoms with Crippen molar-refractivity contribution in [2.45, 2.75) is 52.2 Å². The fourth-order valence-corrected chi connectivity index (χ4v) is 5.06. The van der Waals surface area contributed by atoms with Crippen LogP contribution in [0.15, 0.2) is 60.9 Å². The number of para-hydroxylation sites is 2. The van der Waals surface area contributed by atoms with Crippen molar-refractivity contribution in [1.29, 1.82) is 0 Å². The van der Waals surface area contributed by atoms with Gasteiger partial charge in [0.2, 0.25) is 11.8 Å². The molecule has 1 heterocycles. The van der Waals surface area contributed by atoms with Crippen LogP contribution in [0.1, 0.15) is 42.9 Å². The summed E-state index contributed by atoms with van der Waals surface area (Å²) in [7, 11) is 0. The molecule has 1 aliphatic carbocycles. The molecule has 3 N–H and O–H groups in total. The van der Waals surface area contributed by atoms with Crippen LogP contribution < -0.4 is 10.6 Å². The van der Waals surface area contributed by atoms with E-state index < -0.39 is 41.0 Å². The molecule has 3 aromatic rings. The largest absolute Gasteiger partial charge is 0.389 e. The van der Waals surface area contributed by atoms with Crippen LogP contribution >= 0.6 is 0 Å². The summed E-state index contributed by atoms with van der Waals surface area (Å²) in [4.78, 5) is 40.7. The van der Waals surface area contributed by atoms with Crippen LogP contribution in [-0.2, 0) is 20.9 Å². The number of nitrogens with one attached hydrogen (secondary N) is 2. The Morgan fingerprint density at radius 2 is 1.58 bits per heavy atom. The average molecular weight is 489 g/mol. The van der Waals surface area contributed by atoms with Crippen LogP contribution in [0.3, 0.4) is 0 Å². The Morgan fingerprint density at radius 3 is 2.11 bits per heavy atom. The van der Waals surface area contributed by atoms with Gasteiger partial charge in [-0.1, -0.05) is 36.4 Å². The van der Waals surface area contributed by atoms with Gasteiger partial charge in [-0.3, -0.25) is 19.1 Å². The van der Waals surface area contributed by atoms with Crippen molar-refractivity contribution in [3.63, 3.8) is 0 Å². The van der Waals surface area contributed by atoms with Crippen molar-refractivity contribution in [1.82, 2.24) is 9.78 Å². The van der Waals surface area contributed by atoms with Gasteiger partial charge < -0.3 is 15.7 Å². The van der Waals surface area contributed by atoms with Gasteiger partial charge in [0.15, 0.2) is 0 Å². The molecule has 8 heteroatoms. The molecule has 1 fully saturated rings. The highest BCUT2D eigenvalue weighted by Crippen LogP contribution is 2.46. The lowest BCUT2D eigenvalue weighted by atomic mass is 9.61. The molecule has 4 rings (SSSR count). The predicted octanol–water partition coefficient (Wildman–Crippen LogP) is 3.84. The smallest absolute Gasteiger partial charge is 0.235 e. The van der Waals surface area contributed by atoms with Crippen LogP contribution in [0.25, 0.3) is 0 Å². The zero-order chi connectivity index (χ0) is 26.0. The van der Waals surface area contributed by atoms with E-state index >= 15 is 0 Å². The first-order chi connectivity index (χ1) is 17.1. The second-order valence-electron chi connectivity index (χ2n) is 9.72. The van der Waals surface area contributed by atoms with Gasteiger partial charge in [0.1, 0.15) is 11.7 Å². The van der Waals surface area contributed by atoms with E-state index in [-0.39, 0.29) is 6.42 Å². The van der Waals surface area contributed by atoms with Gasteiger partial charge >= 0.3 is 0 Å². The quantitative estimate of drug-likeness (QED) is 0.457. The molecule has 0 saturated heterocycles. The van der Waals surface area contributed by atoms with E-state index in [1.807, 2.05) is 51.1 Å². The maximum atomic E-state index is 13.7. The Balaban J connectivity index is 1.77. The van der Waals surface area contributed by atoms with E-state index in [9.17, 15) is 19.5 Å². The van der Waals surface area contributed by atoms with E-state index in [0.29, 0.717) is 23.5 Å². The third-order valence-corrected chi connectivity index (χ3v) is 7.00. The minimum absolute atomic E-state index is 0.316. The molecule has 0 aliphatic heterocycles. The molecule has 2 aromatic carbocycles. The van der Waals surface area contributed by atoms with Crippen molar-refractivity contribution in [2.24, 2.45) is 11.8 Å². The maximum Gasteiger partial charge on any atom is 0.235 e. The monoisotopic (exact) mass is 488 g/mol. The number of anilines is 2. The van der Waals surface area contributed by atoms with Crippen LogP contribution in [0.4, 0.5) is 11.4 Å². The van der Waals surface area contributed by atoms with Gasteiger partial charge in [-0.05, 0) is 56.5 Å². The Hall–Kier alpha value is -3.78. The molecule has 188 valence electrons. The number of Topliss-reactive ketones (excluding diaryl/α,β-unsaturated/α-hetero) is 1. The molecule has 1 aliphatic rings. The third kappa shape index (κ3) is 4.95. The van der Waals surface area contributed by atoms with Crippen LogP contribution in [0.5, 0.6) is 0 Å². The molecule has 8 nitrogen and oxygen atoms in total. The minimum atomic E-state index is -1.66. The zero-order valence-electron chi connectivity index (χ0n) is 21.0. The first-order valence-corrected chi connectivity index (χ1v) is 12.1. The SMILES string of the molecule is CCn1cc([C@@H]2[C@H](C(=O)Nc3ccccc3C)C(=O)C[C@@](C)(O)[C@H]2C(=O)Nc2ccccc2C)cn1. The first-order valence-electron chi connectivity index (χ1n) is 12.1. The summed E-state index contributed by atoms with van der Waals surface area (Å²) in [6.07, 6.45) is 3.00. The molecule has 1 aromatic heterocycles. The van der Waals surface area contributed by atoms with Gasteiger partial charge in [-0.15, -0.1) is 0 Å². The number of nitrogens with zero attached hydrogens (tertiary/aromatic N) is 2. The number of hydrogen-bond donors (Lipinski definition) is 3. The van der Waals surface area contributed by atoms with Crippen molar-refractivity contribution in [3.8, 4) is 0 Å². The lowest BCUT2D eigenvalue weighted by Gasteiger charge is -2.44. The van der Waals surface area contributed by atoms with E-state index in [1.54, 1.807) is 35.3 Å². The Labute approximate surface area is 210 Å². The number of benzene rings is 2. The fourth-order valence-electron chi connectivity index (χ4n) is 5.06. The Morgan fingerprint density at radius 1 is 1.03 bits per heavy atom. The summed E-state index contributed by atoms with van der Waals surface area (Å²) >= 11 is 0. The van der Waals surface area contributed by atoms with Gasteiger partial charge in [0.25, 0.3) is 0 Å². The second-order valence-corrected chi connectivity index (χ2v) is 9.72. The summed E-state index contributed by atoms with van der Waals surface area (Å²) in [5.41, 5.74) is 1.81. The molecule has 0 spiro atoms. The third-order valence-electron chi connectivity index (χ3n) is 7.00. The minimum Gasteiger partial charge on any atom is -0.389 e. The molecule has 1 saturated carbocycles. The lowest BCUT2D eigenvalue weighted by molar-refractivity contribution is -0.150. The molecular formula is C28H32N4O4. The highest BCUT2D eigenvalue weighted by molar-refractivity contribution is 6.10. The van der Waals surface area contributed by atoms with E-state index in [4.69, 9.17) is 0 Å². The number of hydrogen-bond acceptors (Lipinski definition) is 5. The van der Waals surface area contributed by atoms with E-state index in [1.165, 1.54) is 6.92 Å². The fraction of sp³-hybridized carbons (Fsp3) is 0.357. The summed E-state index contributed by atoms with van der Waals surface area (Å²) in [5.74, 6) is -4.53. The average Bonchev–Trinajstić information content (AvgIpc) is 3.30. The molecule has 4 atom stereocenters. The van der Waals surface area contributed by atoms with Crippen molar-refractivity contribution in [3.05, 3.63) is 77.6 Å². The second kappa shape index (κ2) is 10.1. The molecule has 36 heavy (non-hydrogen) atoms. The van der Waals surface area contributed by atoms with Crippen molar-refractivity contribution >= 4 is 29.0 Å². The number of aromatic nitrogens is 2. The number of aryl methyl sites for hydroxylation is 3. The molecular weight excluding hydrogens is 456 g/mol. The van der Waals surface area contributed by atoms with Gasteiger partial charge in [-0.2, -0.15) is 5.10 Å². The predicted molar refractivity (Wildman–Crippen MR) is 137 cm³/mol. The number of carbonyl (C=O) groups excluding carboxylic acids is 3. The van der Waals surface area contributed by atoms with Crippen molar-refractivity contribution < 1.29 is 19.5 Å². The van der Waals surface area contributed by atoms with E-state index in [0.717, 1.165) is 11.1 Å². The molecule has 0 unspecified atom stereocenters. The summed E-state index contributed by atoms with van der Waals surface area (Å²) in [6, 6.07) is 14.6.